The van der Waals surface area contributed by atoms with Crippen LogP contribution in [0.4, 0.5) is 5.69 Å². The van der Waals surface area contributed by atoms with Gasteiger partial charge in [0.1, 0.15) is 0 Å². The number of hydrogen-bond acceptors (Lipinski definition) is 2. The monoisotopic (exact) mass is 339 g/mol. The van der Waals surface area contributed by atoms with Crippen molar-refractivity contribution in [3.63, 3.8) is 0 Å². The van der Waals surface area contributed by atoms with Gasteiger partial charge in [-0.05, 0) is 42.0 Å². The van der Waals surface area contributed by atoms with Gasteiger partial charge in [-0.2, -0.15) is 0 Å². The Bertz CT molecular complexity index is 586. The molecule has 2 rings (SSSR count). The van der Waals surface area contributed by atoms with E-state index in [1.165, 1.54) is 0 Å². The van der Waals surface area contributed by atoms with Crippen LogP contribution in [-0.4, -0.2) is 11.1 Å². The standard InChI is InChI=1S/C14H11BrClNO2/c15-10-3-1-2-9(8-10)13(14(18)19)17-12-6-4-11(16)5-7-12/h1-8,13,17H,(H,18,19). The molecule has 0 aliphatic heterocycles. The third-order valence-electron chi connectivity index (χ3n) is 2.58. The second-order valence-corrected chi connectivity index (χ2v) is 5.33. The maximum Gasteiger partial charge on any atom is 0.330 e. The van der Waals surface area contributed by atoms with Crippen molar-refractivity contribution in [1.82, 2.24) is 0 Å². The van der Waals surface area contributed by atoms with Crippen LogP contribution in [0.1, 0.15) is 11.6 Å². The van der Waals surface area contributed by atoms with Crippen molar-refractivity contribution in [3.8, 4) is 0 Å². The normalized spacial score (nSPS) is 11.9. The van der Waals surface area contributed by atoms with E-state index in [1.807, 2.05) is 6.07 Å². The first-order valence-electron chi connectivity index (χ1n) is 5.56. The van der Waals surface area contributed by atoms with Crippen LogP contribution in [0, 0.1) is 0 Å². The molecular weight excluding hydrogens is 330 g/mol. The molecule has 0 saturated carbocycles. The van der Waals surface area contributed by atoms with Gasteiger partial charge in [-0.1, -0.05) is 39.7 Å². The smallest absolute Gasteiger partial charge is 0.330 e. The summed E-state index contributed by atoms with van der Waals surface area (Å²) in [6.45, 7) is 0. The van der Waals surface area contributed by atoms with Gasteiger partial charge in [-0.3, -0.25) is 0 Å². The lowest BCUT2D eigenvalue weighted by Crippen LogP contribution is -2.20. The third kappa shape index (κ3) is 3.72. The molecule has 5 heteroatoms. The minimum absolute atomic E-state index is 0.611. The van der Waals surface area contributed by atoms with E-state index in [0.29, 0.717) is 16.3 Å². The molecule has 0 aliphatic rings. The molecule has 1 unspecified atom stereocenters. The lowest BCUT2D eigenvalue weighted by atomic mass is 10.1. The Morgan fingerprint density at radius 3 is 2.47 bits per heavy atom. The Balaban J connectivity index is 2.26. The largest absolute Gasteiger partial charge is 0.479 e. The predicted octanol–water partition coefficient (Wildman–Crippen LogP) is 4.34. The SMILES string of the molecule is O=C(O)C(Nc1ccc(Cl)cc1)c1cccc(Br)c1. The second-order valence-electron chi connectivity index (χ2n) is 3.98. The molecular formula is C14H11BrClNO2. The van der Waals surface area contributed by atoms with Gasteiger partial charge in [0.25, 0.3) is 0 Å². The van der Waals surface area contributed by atoms with Crippen molar-refractivity contribution in [3.05, 3.63) is 63.6 Å². The molecule has 1 atom stereocenters. The number of rotatable bonds is 4. The first-order valence-corrected chi connectivity index (χ1v) is 6.74. The summed E-state index contributed by atoms with van der Waals surface area (Å²) in [6.07, 6.45) is 0. The Hall–Kier alpha value is -1.52. The van der Waals surface area contributed by atoms with E-state index in [4.69, 9.17) is 11.6 Å². The van der Waals surface area contributed by atoms with Crippen molar-refractivity contribution >= 4 is 39.2 Å². The van der Waals surface area contributed by atoms with Gasteiger partial charge in [-0.25, -0.2) is 4.79 Å². The molecule has 98 valence electrons. The summed E-state index contributed by atoms with van der Waals surface area (Å²) in [5.41, 5.74) is 1.38. The Morgan fingerprint density at radius 1 is 1.21 bits per heavy atom. The van der Waals surface area contributed by atoms with Crippen LogP contribution in [0.2, 0.25) is 5.02 Å². The number of benzene rings is 2. The first-order chi connectivity index (χ1) is 9.06. The molecule has 3 nitrogen and oxygen atoms in total. The number of anilines is 1. The van der Waals surface area contributed by atoms with Gasteiger partial charge >= 0.3 is 5.97 Å². The predicted molar refractivity (Wildman–Crippen MR) is 79.6 cm³/mol. The van der Waals surface area contributed by atoms with Crippen LogP contribution < -0.4 is 5.32 Å². The van der Waals surface area contributed by atoms with Gasteiger partial charge in [-0.15, -0.1) is 0 Å². The summed E-state index contributed by atoms with van der Waals surface area (Å²) in [6, 6.07) is 13.3. The zero-order valence-corrected chi connectivity index (χ0v) is 12.1. The van der Waals surface area contributed by atoms with E-state index in [9.17, 15) is 9.90 Å². The highest BCUT2D eigenvalue weighted by Gasteiger charge is 2.19. The molecule has 2 aromatic rings. The Kier molecular flexibility index (Phi) is 4.45. The number of nitrogens with one attached hydrogen (secondary N) is 1. The highest BCUT2D eigenvalue weighted by molar-refractivity contribution is 9.10. The fourth-order valence-corrected chi connectivity index (χ4v) is 2.23. The van der Waals surface area contributed by atoms with Crippen molar-refractivity contribution in [2.75, 3.05) is 5.32 Å². The van der Waals surface area contributed by atoms with Crippen LogP contribution in [0.3, 0.4) is 0 Å². The summed E-state index contributed by atoms with van der Waals surface area (Å²) in [4.78, 5) is 11.4. The molecule has 0 amide bonds. The average Bonchev–Trinajstić information content (AvgIpc) is 2.37. The number of carboxylic acids is 1. The Labute approximate surface area is 124 Å². The van der Waals surface area contributed by atoms with Crippen molar-refractivity contribution in [2.45, 2.75) is 6.04 Å². The summed E-state index contributed by atoms with van der Waals surface area (Å²) in [7, 11) is 0. The molecule has 2 N–H and O–H groups in total. The molecule has 0 bridgehead atoms. The highest BCUT2D eigenvalue weighted by Crippen LogP contribution is 2.23. The van der Waals surface area contributed by atoms with Crippen LogP contribution in [0.5, 0.6) is 0 Å². The fourth-order valence-electron chi connectivity index (χ4n) is 1.69. The summed E-state index contributed by atoms with van der Waals surface area (Å²) in [5, 5.41) is 12.9. The highest BCUT2D eigenvalue weighted by atomic mass is 79.9. The Morgan fingerprint density at radius 2 is 1.89 bits per heavy atom. The van der Waals surface area contributed by atoms with Crippen LogP contribution in [0.15, 0.2) is 53.0 Å². The van der Waals surface area contributed by atoms with Crippen molar-refractivity contribution in [1.29, 1.82) is 0 Å². The number of hydrogen-bond donors (Lipinski definition) is 2. The number of halogens is 2. The van der Waals surface area contributed by atoms with E-state index in [2.05, 4.69) is 21.2 Å². The first kappa shape index (κ1) is 13.9. The molecule has 0 aliphatic carbocycles. The van der Waals surface area contributed by atoms with Crippen LogP contribution in [-0.2, 0) is 4.79 Å². The van der Waals surface area contributed by atoms with Gasteiger partial charge in [0.05, 0.1) is 0 Å². The maximum absolute atomic E-state index is 11.4. The molecule has 19 heavy (non-hydrogen) atoms. The van der Waals surface area contributed by atoms with E-state index >= 15 is 0 Å². The minimum Gasteiger partial charge on any atom is -0.479 e. The van der Waals surface area contributed by atoms with E-state index in [-0.39, 0.29) is 0 Å². The minimum atomic E-state index is -0.937. The van der Waals surface area contributed by atoms with Crippen molar-refractivity contribution < 1.29 is 9.90 Å². The topological polar surface area (TPSA) is 49.3 Å². The molecule has 0 aromatic heterocycles. The van der Waals surface area contributed by atoms with Crippen LogP contribution >= 0.6 is 27.5 Å². The lowest BCUT2D eigenvalue weighted by Gasteiger charge is -2.16. The number of aliphatic carboxylic acids is 1. The molecule has 0 spiro atoms. The molecule has 0 radical (unpaired) electrons. The van der Waals surface area contributed by atoms with Gasteiger partial charge < -0.3 is 10.4 Å². The number of carboxylic acid groups (broad SMARTS) is 1. The molecule has 2 aromatic carbocycles. The van der Waals surface area contributed by atoms with Gasteiger partial charge in [0.15, 0.2) is 6.04 Å². The molecule has 0 saturated heterocycles. The summed E-state index contributed by atoms with van der Waals surface area (Å²) >= 11 is 9.13. The molecule has 0 heterocycles. The quantitative estimate of drug-likeness (QED) is 0.870. The average molecular weight is 341 g/mol. The van der Waals surface area contributed by atoms with E-state index in [1.54, 1.807) is 42.5 Å². The van der Waals surface area contributed by atoms with Crippen LogP contribution in [0.25, 0.3) is 0 Å². The fraction of sp³-hybridized carbons (Fsp3) is 0.0714. The molecule has 0 fully saturated rings. The lowest BCUT2D eigenvalue weighted by molar-refractivity contribution is -0.138. The maximum atomic E-state index is 11.4. The van der Waals surface area contributed by atoms with E-state index < -0.39 is 12.0 Å². The third-order valence-corrected chi connectivity index (χ3v) is 3.33. The summed E-state index contributed by atoms with van der Waals surface area (Å²) < 4.78 is 0.842. The summed E-state index contributed by atoms with van der Waals surface area (Å²) in [5.74, 6) is -0.937. The van der Waals surface area contributed by atoms with Gasteiger partial charge in [0, 0.05) is 15.2 Å². The number of carbonyl (C=O) groups is 1. The van der Waals surface area contributed by atoms with Crippen molar-refractivity contribution in [2.24, 2.45) is 0 Å². The van der Waals surface area contributed by atoms with E-state index in [0.717, 1.165) is 4.47 Å². The zero-order valence-electron chi connectivity index (χ0n) is 9.81. The van der Waals surface area contributed by atoms with Gasteiger partial charge in [0.2, 0.25) is 0 Å². The zero-order chi connectivity index (χ0) is 13.8. The second kappa shape index (κ2) is 6.08.